The molecule has 0 bridgehead atoms. The minimum absolute atomic E-state index is 0.215. The molecule has 1 aromatic heterocycles. The van der Waals surface area contributed by atoms with Crippen LogP contribution >= 0.6 is 11.3 Å². The molecule has 1 saturated carbocycles. The number of hydrogen-bond acceptors (Lipinski definition) is 2. The van der Waals surface area contributed by atoms with E-state index in [2.05, 4.69) is 25.3 Å². The summed E-state index contributed by atoms with van der Waals surface area (Å²) < 4.78 is 0. The lowest BCUT2D eigenvalue weighted by Crippen LogP contribution is -2.14. The molecule has 1 aliphatic rings. The van der Waals surface area contributed by atoms with E-state index in [9.17, 15) is 5.11 Å². The molecule has 2 rings (SSSR count). The topological polar surface area (TPSA) is 20.2 Å². The molecule has 1 N–H and O–H groups in total. The molecule has 0 aliphatic heterocycles. The minimum Gasteiger partial charge on any atom is -0.387 e. The number of aryl methyl sites for hydroxylation is 1. The molecular weight excluding hydrogens is 192 g/mol. The normalized spacial score (nSPS) is 29.4. The van der Waals surface area contributed by atoms with Crippen molar-refractivity contribution in [1.82, 2.24) is 0 Å². The lowest BCUT2D eigenvalue weighted by Gasteiger charge is -2.21. The molecule has 1 fully saturated rings. The van der Waals surface area contributed by atoms with Gasteiger partial charge in [0.15, 0.2) is 0 Å². The summed E-state index contributed by atoms with van der Waals surface area (Å²) in [4.78, 5) is 1.18. The molecule has 3 atom stereocenters. The molecule has 2 heteroatoms. The zero-order chi connectivity index (χ0) is 10.1. The van der Waals surface area contributed by atoms with Crippen molar-refractivity contribution in [3.05, 3.63) is 21.9 Å². The van der Waals surface area contributed by atoms with E-state index in [0.29, 0.717) is 11.8 Å². The predicted octanol–water partition coefficient (Wildman–Crippen LogP) is 3.53. The summed E-state index contributed by atoms with van der Waals surface area (Å²) in [5.41, 5.74) is 1.25. The molecule has 1 aliphatic carbocycles. The van der Waals surface area contributed by atoms with Crippen molar-refractivity contribution in [1.29, 1.82) is 0 Å². The fourth-order valence-electron chi connectivity index (χ4n) is 2.53. The van der Waals surface area contributed by atoms with Gasteiger partial charge in [-0.05, 0) is 42.2 Å². The molecule has 1 nitrogen and oxygen atoms in total. The van der Waals surface area contributed by atoms with Gasteiger partial charge < -0.3 is 5.11 Å². The summed E-state index contributed by atoms with van der Waals surface area (Å²) in [6.07, 6.45) is 3.55. The first kappa shape index (κ1) is 10.2. The van der Waals surface area contributed by atoms with E-state index in [1.54, 1.807) is 11.3 Å². The van der Waals surface area contributed by atoms with Crippen molar-refractivity contribution in [2.45, 2.75) is 39.2 Å². The molecule has 0 spiro atoms. The van der Waals surface area contributed by atoms with Crippen LogP contribution in [0.25, 0.3) is 0 Å². The zero-order valence-corrected chi connectivity index (χ0v) is 9.68. The van der Waals surface area contributed by atoms with Gasteiger partial charge in [0.25, 0.3) is 0 Å². The van der Waals surface area contributed by atoms with Crippen molar-refractivity contribution in [3.8, 4) is 0 Å². The Balaban J connectivity index is 2.15. The fraction of sp³-hybridized carbons (Fsp3) is 0.667. The maximum absolute atomic E-state index is 10.3. The van der Waals surface area contributed by atoms with Gasteiger partial charge in [-0.2, -0.15) is 0 Å². The van der Waals surface area contributed by atoms with E-state index in [4.69, 9.17) is 0 Å². The first-order valence-electron chi connectivity index (χ1n) is 5.42. The minimum atomic E-state index is -0.215. The van der Waals surface area contributed by atoms with Gasteiger partial charge in [0.2, 0.25) is 0 Å². The highest BCUT2D eigenvalue weighted by Crippen LogP contribution is 2.42. The Morgan fingerprint density at radius 3 is 2.79 bits per heavy atom. The zero-order valence-electron chi connectivity index (χ0n) is 8.86. The molecule has 1 heterocycles. The van der Waals surface area contributed by atoms with Crippen molar-refractivity contribution in [3.63, 3.8) is 0 Å². The molecule has 14 heavy (non-hydrogen) atoms. The van der Waals surface area contributed by atoms with Gasteiger partial charge >= 0.3 is 0 Å². The van der Waals surface area contributed by atoms with Crippen LogP contribution in [-0.2, 0) is 0 Å². The molecule has 78 valence electrons. The van der Waals surface area contributed by atoms with E-state index in [1.165, 1.54) is 29.7 Å². The third-order valence-electron chi connectivity index (χ3n) is 3.50. The first-order valence-corrected chi connectivity index (χ1v) is 6.30. The Morgan fingerprint density at radius 2 is 2.29 bits per heavy atom. The summed E-state index contributed by atoms with van der Waals surface area (Å²) in [6.45, 7) is 4.36. The average molecular weight is 210 g/mol. The second kappa shape index (κ2) is 4.03. The Hall–Kier alpha value is -0.340. The van der Waals surface area contributed by atoms with E-state index in [-0.39, 0.29) is 6.10 Å². The number of aliphatic hydroxyl groups excluding tert-OH is 1. The van der Waals surface area contributed by atoms with Gasteiger partial charge in [-0.25, -0.2) is 0 Å². The Bertz CT molecular complexity index is 305. The Morgan fingerprint density at radius 1 is 1.50 bits per heavy atom. The monoisotopic (exact) mass is 210 g/mol. The molecule has 1 aromatic rings. The van der Waals surface area contributed by atoms with E-state index in [1.807, 2.05) is 0 Å². The van der Waals surface area contributed by atoms with Crippen LogP contribution in [0.1, 0.15) is 42.7 Å². The van der Waals surface area contributed by atoms with Crippen molar-refractivity contribution >= 4 is 11.3 Å². The van der Waals surface area contributed by atoms with Gasteiger partial charge in [-0.15, -0.1) is 11.3 Å². The summed E-state index contributed by atoms with van der Waals surface area (Å²) in [5.74, 6) is 1.18. The largest absolute Gasteiger partial charge is 0.387 e. The fourth-order valence-corrected chi connectivity index (χ4v) is 3.51. The highest BCUT2D eigenvalue weighted by Gasteiger charge is 2.31. The smallest absolute Gasteiger partial charge is 0.0915 e. The maximum atomic E-state index is 10.3. The summed E-state index contributed by atoms with van der Waals surface area (Å²) in [5, 5.41) is 12.3. The molecule has 0 saturated heterocycles. The number of thiophene rings is 1. The third kappa shape index (κ3) is 1.73. The van der Waals surface area contributed by atoms with Crippen molar-refractivity contribution in [2.75, 3.05) is 0 Å². The van der Waals surface area contributed by atoms with Crippen LogP contribution in [0.2, 0.25) is 0 Å². The first-order chi connectivity index (χ1) is 6.70. The lowest BCUT2D eigenvalue weighted by atomic mass is 9.90. The lowest BCUT2D eigenvalue weighted by molar-refractivity contribution is 0.0927. The van der Waals surface area contributed by atoms with Gasteiger partial charge in [0.05, 0.1) is 6.10 Å². The van der Waals surface area contributed by atoms with Crippen molar-refractivity contribution < 1.29 is 5.11 Å². The van der Waals surface area contributed by atoms with E-state index < -0.39 is 0 Å². The SMILES string of the molecule is Cc1ccsc1C(O)C1CCCC1C. The average Bonchev–Trinajstić information content (AvgIpc) is 2.73. The quantitative estimate of drug-likeness (QED) is 0.791. The third-order valence-corrected chi connectivity index (χ3v) is 4.59. The van der Waals surface area contributed by atoms with E-state index >= 15 is 0 Å². The Labute approximate surface area is 89.8 Å². The maximum Gasteiger partial charge on any atom is 0.0915 e. The van der Waals surface area contributed by atoms with Gasteiger partial charge in [0, 0.05) is 4.88 Å². The summed E-state index contributed by atoms with van der Waals surface area (Å²) in [6, 6.07) is 2.10. The molecule has 0 aromatic carbocycles. The predicted molar refractivity (Wildman–Crippen MR) is 60.5 cm³/mol. The van der Waals surface area contributed by atoms with Crippen molar-refractivity contribution in [2.24, 2.45) is 11.8 Å². The standard InChI is InChI=1S/C12H18OS/c1-8-4-3-5-10(8)11(13)12-9(2)6-7-14-12/h6-8,10-11,13H,3-5H2,1-2H3. The van der Waals surface area contributed by atoms with Gasteiger partial charge in [0.1, 0.15) is 0 Å². The van der Waals surface area contributed by atoms with E-state index in [0.717, 1.165) is 0 Å². The van der Waals surface area contributed by atoms with Crippen LogP contribution in [0.4, 0.5) is 0 Å². The van der Waals surface area contributed by atoms with Crippen LogP contribution in [0, 0.1) is 18.8 Å². The summed E-state index contributed by atoms with van der Waals surface area (Å²) in [7, 11) is 0. The van der Waals surface area contributed by atoms with Crippen LogP contribution in [0.15, 0.2) is 11.4 Å². The molecular formula is C12H18OS. The van der Waals surface area contributed by atoms with Crippen LogP contribution in [0.5, 0.6) is 0 Å². The van der Waals surface area contributed by atoms with Gasteiger partial charge in [-0.1, -0.05) is 19.8 Å². The highest BCUT2D eigenvalue weighted by molar-refractivity contribution is 7.10. The van der Waals surface area contributed by atoms with Crippen LogP contribution in [0.3, 0.4) is 0 Å². The highest BCUT2D eigenvalue weighted by atomic mass is 32.1. The number of hydrogen-bond donors (Lipinski definition) is 1. The molecule has 0 amide bonds. The van der Waals surface area contributed by atoms with Crippen LogP contribution < -0.4 is 0 Å². The number of aliphatic hydroxyl groups is 1. The van der Waals surface area contributed by atoms with Crippen LogP contribution in [-0.4, -0.2) is 5.11 Å². The number of rotatable bonds is 2. The summed E-state index contributed by atoms with van der Waals surface area (Å²) >= 11 is 1.70. The second-order valence-electron chi connectivity index (χ2n) is 4.48. The Kier molecular flexibility index (Phi) is 2.93. The van der Waals surface area contributed by atoms with Gasteiger partial charge in [-0.3, -0.25) is 0 Å². The second-order valence-corrected chi connectivity index (χ2v) is 5.43. The molecule has 0 radical (unpaired) electrons. The molecule has 3 unspecified atom stereocenters.